The Morgan fingerprint density at radius 2 is 1.71 bits per heavy atom. The standard InChI is InChI=1S/C22H24N4O2/c1-17-7-10-19(11-8-17)26-22(23)25-16-18-9-12-21(24-15-18)28-14-13-27-20-5-3-2-4-6-20/h2-12,15H,13-14,16H2,1H3,(H3,23,25,26). The van der Waals surface area contributed by atoms with Crippen LogP contribution in [-0.4, -0.2) is 24.2 Å². The number of hydrogen-bond acceptors (Lipinski definition) is 4. The summed E-state index contributed by atoms with van der Waals surface area (Å²) >= 11 is 0. The molecule has 0 spiro atoms. The second kappa shape index (κ2) is 9.97. The fourth-order valence-electron chi connectivity index (χ4n) is 2.41. The lowest BCUT2D eigenvalue weighted by atomic mass is 10.2. The van der Waals surface area contributed by atoms with E-state index in [9.17, 15) is 0 Å². The molecule has 0 aliphatic carbocycles. The zero-order chi connectivity index (χ0) is 19.6. The first-order chi connectivity index (χ1) is 13.7. The van der Waals surface area contributed by atoms with Crippen molar-refractivity contribution in [2.75, 3.05) is 18.5 Å². The lowest BCUT2D eigenvalue weighted by Gasteiger charge is -2.08. The fraction of sp³-hybridized carbons (Fsp3) is 0.182. The summed E-state index contributed by atoms with van der Waals surface area (Å²) in [4.78, 5) is 8.62. The number of nitrogens with one attached hydrogen (secondary N) is 1. The highest BCUT2D eigenvalue weighted by Gasteiger charge is 1.99. The average molecular weight is 376 g/mol. The number of para-hydroxylation sites is 1. The average Bonchev–Trinajstić information content (AvgIpc) is 2.73. The highest BCUT2D eigenvalue weighted by molar-refractivity contribution is 5.92. The highest BCUT2D eigenvalue weighted by Crippen LogP contribution is 2.11. The van der Waals surface area contributed by atoms with Gasteiger partial charge in [-0.25, -0.2) is 9.98 Å². The maximum Gasteiger partial charge on any atom is 0.213 e. The molecule has 0 aliphatic rings. The molecule has 0 unspecified atom stereocenters. The Hall–Kier alpha value is -3.54. The minimum Gasteiger partial charge on any atom is -0.490 e. The zero-order valence-corrected chi connectivity index (χ0v) is 15.8. The molecule has 0 saturated heterocycles. The molecule has 0 fully saturated rings. The summed E-state index contributed by atoms with van der Waals surface area (Å²) in [5.41, 5.74) is 8.98. The Kier molecular flexibility index (Phi) is 6.84. The minimum atomic E-state index is 0.363. The lowest BCUT2D eigenvalue weighted by Crippen LogP contribution is -2.22. The Bertz CT molecular complexity index is 879. The highest BCUT2D eigenvalue weighted by atomic mass is 16.5. The number of aryl methyl sites for hydroxylation is 1. The molecule has 0 aliphatic heterocycles. The second-order valence-corrected chi connectivity index (χ2v) is 6.21. The summed E-state index contributed by atoms with van der Waals surface area (Å²) < 4.78 is 11.2. The number of pyridine rings is 1. The van der Waals surface area contributed by atoms with Crippen LogP contribution in [0.2, 0.25) is 0 Å². The van der Waals surface area contributed by atoms with Gasteiger partial charge in [-0.2, -0.15) is 0 Å². The molecule has 0 radical (unpaired) electrons. The number of guanidine groups is 1. The van der Waals surface area contributed by atoms with E-state index in [1.807, 2.05) is 73.7 Å². The van der Waals surface area contributed by atoms with Crippen molar-refractivity contribution in [3.63, 3.8) is 0 Å². The van der Waals surface area contributed by atoms with Gasteiger partial charge in [0, 0.05) is 18.0 Å². The number of anilines is 1. The van der Waals surface area contributed by atoms with Gasteiger partial charge in [0.05, 0.1) is 6.54 Å². The summed E-state index contributed by atoms with van der Waals surface area (Å²) in [7, 11) is 0. The molecule has 1 aromatic heterocycles. The first-order valence-electron chi connectivity index (χ1n) is 9.08. The van der Waals surface area contributed by atoms with Crippen molar-refractivity contribution in [1.29, 1.82) is 0 Å². The molecule has 144 valence electrons. The number of aromatic nitrogens is 1. The summed E-state index contributed by atoms with van der Waals surface area (Å²) in [6.07, 6.45) is 1.73. The van der Waals surface area contributed by atoms with Crippen LogP contribution in [0.3, 0.4) is 0 Å². The third-order valence-corrected chi connectivity index (χ3v) is 3.90. The largest absolute Gasteiger partial charge is 0.490 e. The SMILES string of the molecule is Cc1ccc(NC(N)=NCc2ccc(OCCOc3ccccc3)nc2)cc1. The molecule has 6 nitrogen and oxygen atoms in total. The maximum atomic E-state index is 5.93. The van der Waals surface area contributed by atoms with Gasteiger partial charge < -0.3 is 20.5 Å². The lowest BCUT2D eigenvalue weighted by molar-refractivity contribution is 0.212. The topological polar surface area (TPSA) is 81.8 Å². The Labute approximate surface area is 165 Å². The molecule has 3 rings (SSSR count). The van der Waals surface area contributed by atoms with Crippen LogP contribution in [0.25, 0.3) is 0 Å². The second-order valence-electron chi connectivity index (χ2n) is 6.21. The van der Waals surface area contributed by atoms with Gasteiger partial charge in [-0.05, 0) is 36.8 Å². The van der Waals surface area contributed by atoms with Crippen LogP contribution in [0.4, 0.5) is 5.69 Å². The summed E-state index contributed by atoms with van der Waals surface area (Å²) in [5.74, 6) is 1.74. The van der Waals surface area contributed by atoms with Gasteiger partial charge in [0.25, 0.3) is 0 Å². The molecule has 3 N–H and O–H groups in total. The van der Waals surface area contributed by atoms with E-state index in [-0.39, 0.29) is 0 Å². The Morgan fingerprint density at radius 1 is 0.964 bits per heavy atom. The minimum absolute atomic E-state index is 0.363. The van der Waals surface area contributed by atoms with Gasteiger partial charge in [-0.3, -0.25) is 0 Å². The summed E-state index contributed by atoms with van der Waals surface area (Å²) in [5, 5.41) is 3.07. The number of benzene rings is 2. The van der Waals surface area contributed by atoms with Crippen LogP contribution in [-0.2, 0) is 6.54 Å². The van der Waals surface area contributed by atoms with Gasteiger partial charge in [-0.15, -0.1) is 0 Å². The van der Waals surface area contributed by atoms with Gasteiger partial charge in [0.15, 0.2) is 5.96 Å². The van der Waals surface area contributed by atoms with Crippen molar-refractivity contribution in [2.24, 2.45) is 10.7 Å². The molecule has 0 atom stereocenters. The van der Waals surface area contributed by atoms with Gasteiger partial charge in [0.2, 0.25) is 5.88 Å². The molecule has 0 bridgehead atoms. The van der Waals surface area contributed by atoms with E-state index in [1.165, 1.54) is 5.56 Å². The molecule has 28 heavy (non-hydrogen) atoms. The number of ether oxygens (including phenoxy) is 2. The molecule has 0 amide bonds. The van der Waals surface area contributed by atoms with Crippen LogP contribution in [0, 0.1) is 6.92 Å². The van der Waals surface area contributed by atoms with E-state index in [0.29, 0.717) is 31.6 Å². The third-order valence-electron chi connectivity index (χ3n) is 3.90. The van der Waals surface area contributed by atoms with Gasteiger partial charge >= 0.3 is 0 Å². The quantitative estimate of drug-likeness (QED) is 0.355. The van der Waals surface area contributed by atoms with Crippen molar-refractivity contribution in [1.82, 2.24) is 4.98 Å². The smallest absolute Gasteiger partial charge is 0.213 e. The van der Waals surface area contributed by atoms with Crippen LogP contribution in [0.1, 0.15) is 11.1 Å². The van der Waals surface area contributed by atoms with Gasteiger partial charge in [-0.1, -0.05) is 42.0 Å². The first kappa shape index (κ1) is 19.2. The van der Waals surface area contributed by atoms with Crippen LogP contribution in [0.5, 0.6) is 11.6 Å². The van der Waals surface area contributed by atoms with Crippen molar-refractivity contribution < 1.29 is 9.47 Å². The van der Waals surface area contributed by atoms with Crippen molar-refractivity contribution in [2.45, 2.75) is 13.5 Å². The first-order valence-corrected chi connectivity index (χ1v) is 9.08. The van der Waals surface area contributed by atoms with Crippen molar-refractivity contribution >= 4 is 11.6 Å². The van der Waals surface area contributed by atoms with Crippen LogP contribution >= 0.6 is 0 Å². The number of nitrogens with zero attached hydrogens (tertiary/aromatic N) is 2. The van der Waals surface area contributed by atoms with E-state index in [1.54, 1.807) is 6.20 Å². The summed E-state index contributed by atoms with van der Waals surface area (Å²) in [6, 6.07) is 21.3. The van der Waals surface area contributed by atoms with Gasteiger partial charge in [0.1, 0.15) is 19.0 Å². The maximum absolute atomic E-state index is 5.93. The van der Waals surface area contributed by atoms with E-state index in [4.69, 9.17) is 15.2 Å². The van der Waals surface area contributed by atoms with Crippen molar-refractivity contribution in [3.05, 3.63) is 84.1 Å². The van der Waals surface area contributed by atoms with Crippen LogP contribution in [0.15, 0.2) is 77.9 Å². The number of nitrogens with two attached hydrogens (primary N) is 1. The molecule has 6 heteroatoms. The van der Waals surface area contributed by atoms with E-state index in [2.05, 4.69) is 15.3 Å². The monoisotopic (exact) mass is 376 g/mol. The van der Waals surface area contributed by atoms with E-state index >= 15 is 0 Å². The third kappa shape index (κ3) is 6.32. The number of aliphatic imine (C=N–C) groups is 1. The summed E-state index contributed by atoms with van der Waals surface area (Å²) in [6.45, 7) is 3.36. The zero-order valence-electron chi connectivity index (χ0n) is 15.8. The Balaban J connectivity index is 1.41. The van der Waals surface area contributed by atoms with E-state index < -0.39 is 0 Å². The fourth-order valence-corrected chi connectivity index (χ4v) is 2.41. The van der Waals surface area contributed by atoms with Crippen molar-refractivity contribution in [3.8, 4) is 11.6 Å². The van der Waals surface area contributed by atoms with Crippen LogP contribution < -0.4 is 20.5 Å². The Morgan fingerprint density at radius 3 is 2.43 bits per heavy atom. The predicted octanol–water partition coefficient (Wildman–Crippen LogP) is 3.77. The molecular weight excluding hydrogens is 352 g/mol. The molecule has 0 saturated carbocycles. The number of hydrogen-bond donors (Lipinski definition) is 2. The predicted molar refractivity (Wildman–Crippen MR) is 112 cm³/mol. The molecule has 3 aromatic rings. The van der Waals surface area contributed by atoms with E-state index in [0.717, 1.165) is 17.0 Å². The molecule has 1 heterocycles. The normalized spacial score (nSPS) is 11.1. The number of rotatable bonds is 8. The molecule has 2 aromatic carbocycles. The molecular formula is C22H24N4O2.